The molecule has 0 spiro atoms. The van der Waals surface area contributed by atoms with E-state index in [1.165, 1.54) is 0 Å². The predicted octanol–water partition coefficient (Wildman–Crippen LogP) is 1.05. The number of hydrogen-bond donors (Lipinski definition) is 0. The van der Waals surface area contributed by atoms with E-state index in [4.69, 9.17) is 5.73 Å². The number of rotatable bonds is 0. The molecule has 6 heteroatoms. The molecule has 0 aliphatic heterocycles. The summed E-state index contributed by atoms with van der Waals surface area (Å²) in [6, 6.07) is 0. The molecule has 1 N–H and O–H groups in total. The Kier molecular flexibility index (Phi) is 184. The third-order valence-electron chi connectivity index (χ3n) is 0. The first-order valence-corrected chi connectivity index (χ1v) is 1.06. The zero-order chi connectivity index (χ0) is 2.71. The normalized spacial score (nSPS) is 2.25. The Bertz CT molecular complexity index is 10.4. The molecule has 0 atom stereocenters. The van der Waals surface area contributed by atoms with Gasteiger partial charge < -0.3 is 5.73 Å². The van der Waals surface area contributed by atoms with Gasteiger partial charge in [-0.05, 0) is 0 Å². The molecule has 0 rings (SSSR count). The summed E-state index contributed by atoms with van der Waals surface area (Å²) < 4.78 is 0. The van der Waals surface area contributed by atoms with Gasteiger partial charge in [0.1, 0.15) is 0 Å². The number of hydrogen-bond acceptors (Lipinski definition) is 0. The van der Waals surface area contributed by atoms with Crippen LogP contribution in [0.1, 0.15) is 6.92 Å². The van der Waals surface area contributed by atoms with Crippen LogP contribution in [0.5, 0.6) is 0 Å². The van der Waals surface area contributed by atoms with Gasteiger partial charge in [0.2, 0.25) is 0 Å². The first-order chi connectivity index (χ1) is 1.41. The summed E-state index contributed by atoms with van der Waals surface area (Å²) in [7, 11) is 0. The summed E-state index contributed by atoms with van der Waals surface area (Å²) >= 11 is 0. The molecule has 0 amide bonds. The molecule has 0 saturated carbocycles. The fourth-order valence-electron chi connectivity index (χ4n) is 0. The summed E-state index contributed by atoms with van der Waals surface area (Å²) in [5, 5.41) is 0. The van der Waals surface area contributed by atoms with Gasteiger partial charge in [-0.1, -0.05) is 6.92 Å². The van der Waals surface area contributed by atoms with Crippen LogP contribution in [0.3, 0.4) is 0 Å². The van der Waals surface area contributed by atoms with Gasteiger partial charge >= 0.3 is 0 Å². The van der Waals surface area contributed by atoms with Crippen molar-refractivity contribution in [3.63, 3.8) is 0 Å². The molecule has 0 aromatic heterocycles. The zero-order valence-electron chi connectivity index (χ0n) is 5.09. The molecule has 0 fully saturated rings. The minimum absolute atomic E-state index is 0. The van der Waals surface area contributed by atoms with Crippen LogP contribution in [-0.2, 0) is 164 Å². The van der Waals surface area contributed by atoms with Gasteiger partial charge in [-0.15, -0.1) is 0 Å². The van der Waals surface area contributed by atoms with E-state index in [9.17, 15) is 0 Å². The molecule has 35 valence electrons. The average molecular weight is 489 g/mol. The molecule has 8 heavy (non-hydrogen) atoms. The fourth-order valence-corrected chi connectivity index (χ4v) is 0. The molecule has 1 nitrogen and oxygen atoms in total. The second-order valence-electron chi connectivity index (χ2n) is 0.354. The molecular formula is C2H6NY5-. The van der Waals surface area contributed by atoms with Crippen molar-refractivity contribution in [2.45, 2.75) is 6.92 Å². The van der Waals surface area contributed by atoms with Gasteiger partial charge in [0.15, 0.2) is 0 Å². The van der Waals surface area contributed by atoms with Crippen LogP contribution in [-0.4, -0.2) is 6.54 Å². The average Bonchev–Trinajstić information content (AvgIpc) is 0.918. The second kappa shape index (κ2) is 39.2. The number of nitrogens with one attached hydrogen (secondary N) is 1. The molecule has 0 aliphatic rings. The molecule has 0 aromatic rings. The van der Waals surface area contributed by atoms with E-state index in [-0.39, 0.29) is 164 Å². The van der Waals surface area contributed by atoms with Crippen molar-refractivity contribution in [2.24, 2.45) is 0 Å². The Hall–Kier alpha value is 5.48. The van der Waals surface area contributed by atoms with Crippen LogP contribution in [0, 0.1) is 0 Å². The van der Waals surface area contributed by atoms with Gasteiger partial charge in [0.05, 0.1) is 0 Å². The maximum absolute atomic E-state index is 6.21. The van der Waals surface area contributed by atoms with E-state index < -0.39 is 0 Å². The maximum Gasteiger partial charge on any atom is 0 e. The zero-order valence-corrected chi connectivity index (χ0v) is 19.3. The predicted molar refractivity (Wildman–Crippen MR) is 14.9 cm³/mol. The summed E-state index contributed by atoms with van der Waals surface area (Å²) in [6.07, 6.45) is 0. The minimum Gasteiger partial charge on any atom is -0.678 e. The van der Waals surface area contributed by atoms with Crippen molar-refractivity contribution < 1.29 is 164 Å². The SMILES string of the molecule is CC[NH-].[Y].[Y].[Y].[Y].[Y]. The van der Waals surface area contributed by atoms with E-state index >= 15 is 0 Å². The Labute approximate surface area is 177 Å². The Morgan fingerprint density at radius 1 is 0.875 bits per heavy atom. The van der Waals surface area contributed by atoms with Crippen molar-refractivity contribution in [1.82, 2.24) is 0 Å². The van der Waals surface area contributed by atoms with Crippen LogP contribution < -0.4 is 0 Å². The van der Waals surface area contributed by atoms with Crippen molar-refractivity contribution in [3.05, 3.63) is 5.73 Å². The summed E-state index contributed by atoms with van der Waals surface area (Å²) in [5.41, 5.74) is 6.21. The summed E-state index contributed by atoms with van der Waals surface area (Å²) in [6.45, 7) is 2.29. The fraction of sp³-hybridized carbons (Fsp3) is 1.00. The van der Waals surface area contributed by atoms with Crippen LogP contribution in [0.15, 0.2) is 0 Å². The van der Waals surface area contributed by atoms with Crippen LogP contribution >= 0.6 is 0 Å². The Morgan fingerprint density at radius 3 is 0.875 bits per heavy atom. The van der Waals surface area contributed by atoms with E-state index in [0.717, 1.165) is 0 Å². The van der Waals surface area contributed by atoms with Crippen molar-refractivity contribution in [1.29, 1.82) is 0 Å². The van der Waals surface area contributed by atoms with E-state index in [2.05, 4.69) is 0 Å². The molecule has 0 saturated heterocycles. The molecular weight excluding hydrogens is 483 g/mol. The van der Waals surface area contributed by atoms with Crippen LogP contribution in [0.2, 0.25) is 0 Å². The van der Waals surface area contributed by atoms with Crippen LogP contribution in [0.25, 0.3) is 5.73 Å². The molecule has 0 heterocycles. The minimum atomic E-state index is 0. The second-order valence-corrected chi connectivity index (χ2v) is 0.354. The van der Waals surface area contributed by atoms with Gasteiger partial charge in [-0.25, -0.2) is 0 Å². The van der Waals surface area contributed by atoms with Gasteiger partial charge in [-0.2, -0.15) is 6.54 Å². The topological polar surface area (TPSA) is 23.8 Å². The monoisotopic (exact) mass is 489 g/mol. The quantitative estimate of drug-likeness (QED) is 0.487. The van der Waals surface area contributed by atoms with Crippen molar-refractivity contribution in [3.8, 4) is 0 Å². The molecule has 0 aliphatic carbocycles. The first kappa shape index (κ1) is 37.5. The molecule has 0 aromatic carbocycles. The van der Waals surface area contributed by atoms with E-state index in [1.807, 2.05) is 0 Å². The third kappa shape index (κ3) is 42.0. The largest absolute Gasteiger partial charge is 0.678 e. The van der Waals surface area contributed by atoms with Gasteiger partial charge in [-0.3, -0.25) is 0 Å². The van der Waals surface area contributed by atoms with Crippen LogP contribution in [0.4, 0.5) is 0 Å². The molecule has 0 bridgehead atoms. The maximum atomic E-state index is 6.21. The van der Waals surface area contributed by atoms with Gasteiger partial charge in [0, 0.05) is 164 Å². The summed E-state index contributed by atoms with van der Waals surface area (Å²) in [5.74, 6) is 0. The Morgan fingerprint density at radius 2 is 0.875 bits per heavy atom. The van der Waals surface area contributed by atoms with Gasteiger partial charge in [0.25, 0.3) is 0 Å². The van der Waals surface area contributed by atoms with Crippen molar-refractivity contribution >= 4 is 0 Å². The molecule has 5 radical (unpaired) electrons. The van der Waals surface area contributed by atoms with Crippen molar-refractivity contribution in [2.75, 3.05) is 6.54 Å². The third-order valence-corrected chi connectivity index (χ3v) is 0. The standard InChI is InChI=1S/C2H6N.5Y/c1-2-3;;;;;/h3H,2H2,1H3;;;;;/q-1;;;;;. The Balaban J connectivity index is -0.00000000200. The summed E-state index contributed by atoms with van der Waals surface area (Å²) in [4.78, 5) is 0. The van der Waals surface area contributed by atoms with E-state index in [0.29, 0.717) is 6.54 Å². The smallest absolute Gasteiger partial charge is 0 e. The molecule has 0 unspecified atom stereocenters. The first-order valence-electron chi connectivity index (χ1n) is 1.06. The van der Waals surface area contributed by atoms with E-state index in [1.54, 1.807) is 6.92 Å².